The van der Waals surface area contributed by atoms with Crippen molar-refractivity contribution in [3.8, 4) is 11.3 Å². The summed E-state index contributed by atoms with van der Waals surface area (Å²) < 4.78 is 40.1. The van der Waals surface area contributed by atoms with E-state index in [1.54, 1.807) is 22.7 Å². The number of carbonyl (C=O) groups is 1. The normalized spacial score (nSPS) is 11.5. The highest BCUT2D eigenvalue weighted by Gasteiger charge is 2.31. The summed E-state index contributed by atoms with van der Waals surface area (Å²) in [5.74, 6) is 0.414. The van der Waals surface area contributed by atoms with Crippen molar-refractivity contribution in [3.63, 3.8) is 0 Å². The van der Waals surface area contributed by atoms with E-state index < -0.39 is 17.8 Å². The van der Waals surface area contributed by atoms with E-state index in [2.05, 4.69) is 15.6 Å². The maximum atomic E-state index is 12.8. The van der Waals surface area contributed by atoms with Crippen molar-refractivity contribution < 1.29 is 18.0 Å². The molecule has 4 aromatic rings. The van der Waals surface area contributed by atoms with Gasteiger partial charge in [0.1, 0.15) is 17.2 Å². The van der Waals surface area contributed by atoms with Crippen molar-refractivity contribution in [2.45, 2.75) is 6.18 Å². The smallest absolute Gasteiger partial charge is 0.306 e. The average Bonchev–Trinajstić information content (AvgIpc) is 3.08. The summed E-state index contributed by atoms with van der Waals surface area (Å²) in [5, 5.41) is 4.98. The lowest BCUT2D eigenvalue weighted by atomic mass is 10.1. The number of carbonyl (C=O) groups excluding carboxylic acids is 1. The molecule has 0 aliphatic carbocycles. The van der Waals surface area contributed by atoms with Gasteiger partial charge in [0.25, 0.3) is 0 Å². The Kier molecular flexibility index (Phi) is 5.09. The molecule has 2 heterocycles. The lowest BCUT2D eigenvalue weighted by molar-refractivity contribution is -0.137. The van der Waals surface area contributed by atoms with Crippen molar-refractivity contribution in [1.82, 2.24) is 9.38 Å². The fourth-order valence-electron chi connectivity index (χ4n) is 2.97. The number of aromatic nitrogens is 2. The molecule has 9 heteroatoms. The zero-order valence-corrected chi connectivity index (χ0v) is 16.0. The van der Waals surface area contributed by atoms with E-state index in [9.17, 15) is 18.0 Å². The first-order chi connectivity index (χ1) is 14.3. The first-order valence-electron chi connectivity index (χ1n) is 8.80. The van der Waals surface area contributed by atoms with Gasteiger partial charge in [-0.3, -0.25) is 9.72 Å². The van der Waals surface area contributed by atoms with Crippen molar-refractivity contribution in [2.75, 3.05) is 10.6 Å². The molecule has 0 saturated carbocycles. The molecule has 0 fully saturated rings. The van der Waals surface area contributed by atoms with E-state index >= 15 is 0 Å². The fraction of sp³-hybridized carbons (Fsp3) is 0.0476. The predicted octanol–water partition coefficient (Wildman–Crippen LogP) is 6.32. The van der Waals surface area contributed by atoms with Crippen LogP contribution in [-0.4, -0.2) is 15.4 Å². The second-order valence-electron chi connectivity index (χ2n) is 6.38. The van der Waals surface area contributed by atoms with Crippen LogP contribution in [-0.2, 0) is 6.18 Å². The van der Waals surface area contributed by atoms with Crippen molar-refractivity contribution >= 4 is 34.8 Å². The van der Waals surface area contributed by atoms with Gasteiger partial charge in [0.15, 0.2) is 0 Å². The van der Waals surface area contributed by atoms with Gasteiger partial charge in [-0.1, -0.05) is 48.0 Å². The van der Waals surface area contributed by atoms with E-state index in [0.29, 0.717) is 17.2 Å². The summed E-state index contributed by atoms with van der Waals surface area (Å²) >= 11 is 5.92. The van der Waals surface area contributed by atoms with Gasteiger partial charge in [-0.05, 0) is 30.3 Å². The number of nitrogens with zero attached hydrogens (tertiary/aromatic N) is 2. The van der Waals surface area contributed by atoms with Crippen LogP contribution in [0.1, 0.15) is 5.56 Å². The topological polar surface area (TPSA) is 58.4 Å². The van der Waals surface area contributed by atoms with Crippen LogP contribution in [0.15, 0.2) is 72.9 Å². The SMILES string of the molecule is O=C(Nc1ccc(C(F)(F)F)cc1Cl)Nc1c(-c2ccccc2)nc2ccccn12. The number of pyridine rings is 1. The number of hydrogen-bond acceptors (Lipinski definition) is 2. The minimum atomic E-state index is -4.52. The number of fused-ring (bicyclic) bond motifs is 1. The lowest BCUT2D eigenvalue weighted by Gasteiger charge is -2.12. The van der Waals surface area contributed by atoms with Gasteiger partial charge in [0.2, 0.25) is 0 Å². The van der Waals surface area contributed by atoms with Crippen LogP contribution in [0.3, 0.4) is 0 Å². The number of halogens is 4. The molecule has 152 valence electrons. The summed E-state index contributed by atoms with van der Waals surface area (Å²) in [6, 6.07) is 16.8. The van der Waals surface area contributed by atoms with Gasteiger partial charge in [0.05, 0.1) is 16.3 Å². The highest BCUT2D eigenvalue weighted by atomic mass is 35.5. The third-order valence-electron chi connectivity index (χ3n) is 4.35. The van der Waals surface area contributed by atoms with Gasteiger partial charge < -0.3 is 5.32 Å². The Morgan fingerprint density at radius 3 is 2.40 bits per heavy atom. The molecule has 2 aromatic heterocycles. The number of urea groups is 1. The monoisotopic (exact) mass is 430 g/mol. The number of hydrogen-bond donors (Lipinski definition) is 2. The predicted molar refractivity (Wildman–Crippen MR) is 110 cm³/mol. The fourth-order valence-corrected chi connectivity index (χ4v) is 3.19. The Morgan fingerprint density at radius 1 is 0.967 bits per heavy atom. The summed E-state index contributed by atoms with van der Waals surface area (Å²) in [6.45, 7) is 0. The molecule has 30 heavy (non-hydrogen) atoms. The minimum absolute atomic E-state index is 0.0530. The van der Waals surface area contributed by atoms with Gasteiger partial charge >= 0.3 is 12.2 Å². The Hall–Kier alpha value is -3.52. The third-order valence-corrected chi connectivity index (χ3v) is 4.67. The number of imidazole rings is 1. The van der Waals surface area contributed by atoms with Crippen LogP contribution >= 0.6 is 11.6 Å². The lowest BCUT2D eigenvalue weighted by Crippen LogP contribution is -2.21. The molecular formula is C21H14ClF3N4O. The molecule has 2 N–H and O–H groups in total. The quantitative estimate of drug-likeness (QED) is 0.399. The zero-order chi connectivity index (χ0) is 21.3. The summed E-state index contributed by atoms with van der Waals surface area (Å²) in [5.41, 5.74) is 1.13. The standard InChI is InChI=1S/C21H14ClF3N4O/c22-15-12-14(21(23,24)25)9-10-16(15)26-20(30)28-19-18(13-6-2-1-3-7-13)27-17-8-4-5-11-29(17)19/h1-12H,(H2,26,28,30). The number of nitrogens with one attached hydrogen (secondary N) is 2. The summed E-state index contributed by atoms with van der Waals surface area (Å²) in [7, 11) is 0. The summed E-state index contributed by atoms with van der Waals surface area (Å²) in [6.07, 6.45) is -2.78. The maximum absolute atomic E-state index is 12.8. The van der Waals surface area contributed by atoms with Crippen molar-refractivity contribution in [1.29, 1.82) is 0 Å². The largest absolute Gasteiger partial charge is 0.416 e. The molecule has 5 nitrogen and oxygen atoms in total. The van der Waals surface area contributed by atoms with Crippen LogP contribution < -0.4 is 10.6 Å². The van der Waals surface area contributed by atoms with Crippen LogP contribution in [0, 0.1) is 0 Å². The molecule has 0 aliphatic heterocycles. The van der Waals surface area contributed by atoms with Crippen LogP contribution in [0.5, 0.6) is 0 Å². The Labute approximate surface area is 174 Å². The first kappa shape index (κ1) is 19.8. The van der Waals surface area contributed by atoms with Gasteiger partial charge in [-0.15, -0.1) is 0 Å². The molecule has 0 bridgehead atoms. The molecular weight excluding hydrogens is 417 g/mol. The van der Waals surface area contributed by atoms with Gasteiger partial charge in [-0.25, -0.2) is 9.78 Å². The Morgan fingerprint density at radius 2 is 1.70 bits per heavy atom. The highest BCUT2D eigenvalue weighted by Crippen LogP contribution is 2.34. The van der Waals surface area contributed by atoms with E-state index in [1.165, 1.54) is 0 Å². The molecule has 0 aliphatic rings. The molecule has 0 spiro atoms. The van der Waals surface area contributed by atoms with E-state index in [0.717, 1.165) is 23.8 Å². The molecule has 0 unspecified atom stereocenters. The minimum Gasteiger partial charge on any atom is -0.306 e. The third kappa shape index (κ3) is 3.95. The molecule has 0 atom stereocenters. The Balaban J connectivity index is 1.64. The van der Waals surface area contributed by atoms with Gasteiger partial charge in [-0.2, -0.15) is 13.2 Å². The van der Waals surface area contributed by atoms with E-state index in [4.69, 9.17) is 11.6 Å². The summed E-state index contributed by atoms with van der Waals surface area (Å²) in [4.78, 5) is 17.2. The zero-order valence-electron chi connectivity index (χ0n) is 15.2. The second kappa shape index (κ2) is 7.72. The average molecular weight is 431 g/mol. The van der Waals surface area contributed by atoms with E-state index in [1.807, 2.05) is 36.4 Å². The number of alkyl halides is 3. The van der Waals surface area contributed by atoms with Crippen molar-refractivity contribution in [2.24, 2.45) is 0 Å². The number of anilines is 2. The molecule has 2 amide bonds. The maximum Gasteiger partial charge on any atom is 0.416 e. The molecule has 0 saturated heterocycles. The number of benzene rings is 2. The number of amides is 2. The molecule has 0 radical (unpaired) electrons. The number of rotatable bonds is 3. The first-order valence-corrected chi connectivity index (χ1v) is 9.18. The highest BCUT2D eigenvalue weighted by molar-refractivity contribution is 6.33. The van der Waals surface area contributed by atoms with Crippen LogP contribution in [0.25, 0.3) is 16.9 Å². The van der Waals surface area contributed by atoms with Gasteiger partial charge in [0, 0.05) is 11.8 Å². The van der Waals surface area contributed by atoms with E-state index in [-0.39, 0.29) is 10.7 Å². The second-order valence-corrected chi connectivity index (χ2v) is 6.78. The van der Waals surface area contributed by atoms with Crippen LogP contribution in [0.2, 0.25) is 5.02 Å². The Bertz CT molecular complexity index is 1220. The van der Waals surface area contributed by atoms with Crippen LogP contribution in [0.4, 0.5) is 29.5 Å². The molecule has 2 aromatic carbocycles. The molecule has 4 rings (SSSR count). The van der Waals surface area contributed by atoms with Crippen molar-refractivity contribution in [3.05, 3.63) is 83.5 Å².